The quantitative estimate of drug-likeness (QED) is 0.367. The van der Waals surface area contributed by atoms with E-state index in [0.29, 0.717) is 43.9 Å². The molecule has 0 aromatic heterocycles. The van der Waals surface area contributed by atoms with E-state index in [9.17, 15) is 18.0 Å². The molecule has 0 spiro atoms. The number of carbonyl (C=O) groups is 2. The minimum atomic E-state index is -3.63. The van der Waals surface area contributed by atoms with Crippen LogP contribution in [0.5, 0.6) is 0 Å². The van der Waals surface area contributed by atoms with Gasteiger partial charge in [0.2, 0.25) is 10.0 Å². The summed E-state index contributed by atoms with van der Waals surface area (Å²) in [5.74, 6) is -0.489. The number of rotatable bonds is 9. The molecular formula is C30H38N4O5S. The van der Waals surface area contributed by atoms with Crippen molar-refractivity contribution in [1.29, 1.82) is 0 Å². The number of esters is 1. The minimum absolute atomic E-state index is 0.196. The molecule has 2 aliphatic heterocycles. The summed E-state index contributed by atoms with van der Waals surface area (Å²) in [6, 6.07) is 13.6. The maximum atomic E-state index is 13.4. The molecule has 9 nitrogen and oxygen atoms in total. The predicted molar refractivity (Wildman–Crippen MR) is 154 cm³/mol. The van der Waals surface area contributed by atoms with Gasteiger partial charge in [-0.05, 0) is 51.4 Å². The van der Waals surface area contributed by atoms with Gasteiger partial charge in [-0.3, -0.25) is 9.80 Å². The molecule has 2 aliphatic rings. The highest BCUT2D eigenvalue weighted by Crippen LogP contribution is 2.33. The van der Waals surface area contributed by atoms with Gasteiger partial charge in [0.05, 0.1) is 23.1 Å². The SMILES string of the molecule is C=CCN1C(=O)NC(c2cccc(C)c2)C(C(=O)OCC)=C1CN1CCCN(S(=O)(=O)c2ccc(C)cc2)CC1. The van der Waals surface area contributed by atoms with Crippen LogP contribution in [0.1, 0.15) is 36.1 Å². The number of carbonyl (C=O) groups excluding carboxylic acids is 2. The van der Waals surface area contributed by atoms with E-state index in [2.05, 4.69) is 16.8 Å². The zero-order valence-corrected chi connectivity index (χ0v) is 24.2. The van der Waals surface area contributed by atoms with Crippen molar-refractivity contribution >= 4 is 22.0 Å². The Hall–Kier alpha value is -3.47. The van der Waals surface area contributed by atoms with Crippen molar-refractivity contribution in [3.63, 3.8) is 0 Å². The maximum absolute atomic E-state index is 13.4. The summed E-state index contributed by atoms with van der Waals surface area (Å²) in [5, 5.41) is 2.99. The Morgan fingerprint density at radius 1 is 1.07 bits per heavy atom. The number of amides is 2. The Morgan fingerprint density at radius 2 is 1.82 bits per heavy atom. The van der Waals surface area contributed by atoms with E-state index >= 15 is 0 Å². The molecule has 0 saturated carbocycles. The molecule has 0 aliphatic carbocycles. The first-order valence-electron chi connectivity index (χ1n) is 13.6. The lowest BCUT2D eigenvalue weighted by Crippen LogP contribution is -2.51. The van der Waals surface area contributed by atoms with Crippen LogP contribution in [0.2, 0.25) is 0 Å². The number of urea groups is 1. The molecule has 1 saturated heterocycles. The summed E-state index contributed by atoms with van der Waals surface area (Å²) in [7, 11) is -3.63. The normalized spacial score (nSPS) is 19.2. The lowest BCUT2D eigenvalue weighted by Gasteiger charge is -2.38. The number of ether oxygens (including phenoxy) is 1. The third-order valence-corrected chi connectivity index (χ3v) is 9.11. The van der Waals surface area contributed by atoms with Crippen molar-refractivity contribution in [3.8, 4) is 0 Å². The van der Waals surface area contributed by atoms with E-state index in [-0.39, 0.29) is 30.6 Å². The average molecular weight is 567 g/mol. The number of hydrogen-bond donors (Lipinski definition) is 1. The van der Waals surface area contributed by atoms with Crippen LogP contribution in [0.25, 0.3) is 0 Å². The molecular weight excluding hydrogens is 528 g/mol. The van der Waals surface area contributed by atoms with Crippen molar-refractivity contribution in [2.24, 2.45) is 0 Å². The Morgan fingerprint density at radius 3 is 2.50 bits per heavy atom. The largest absolute Gasteiger partial charge is 0.463 e. The molecule has 2 aromatic rings. The molecule has 1 fully saturated rings. The molecule has 2 heterocycles. The van der Waals surface area contributed by atoms with Gasteiger partial charge >= 0.3 is 12.0 Å². The first-order valence-corrected chi connectivity index (χ1v) is 15.0. The molecule has 0 bridgehead atoms. The van der Waals surface area contributed by atoms with Crippen LogP contribution in [0, 0.1) is 13.8 Å². The van der Waals surface area contributed by atoms with Crippen molar-refractivity contribution in [2.45, 2.75) is 38.1 Å². The minimum Gasteiger partial charge on any atom is -0.463 e. The lowest BCUT2D eigenvalue weighted by molar-refractivity contribution is -0.139. The second-order valence-electron chi connectivity index (χ2n) is 10.1. The average Bonchev–Trinajstić information content (AvgIpc) is 3.17. The second kappa shape index (κ2) is 12.8. The molecule has 1 N–H and O–H groups in total. The number of benzene rings is 2. The van der Waals surface area contributed by atoms with Crippen LogP contribution in [0.4, 0.5) is 4.79 Å². The van der Waals surface area contributed by atoms with Crippen molar-refractivity contribution in [2.75, 3.05) is 45.9 Å². The highest BCUT2D eigenvalue weighted by atomic mass is 32.2. The van der Waals surface area contributed by atoms with Crippen LogP contribution in [-0.2, 0) is 19.6 Å². The van der Waals surface area contributed by atoms with Crippen LogP contribution in [0.3, 0.4) is 0 Å². The van der Waals surface area contributed by atoms with Crippen molar-refractivity contribution in [3.05, 3.63) is 89.1 Å². The van der Waals surface area contributed by atoms with Crippen molar-refractivity contribution < 1.29 is 22.7 Å². The molecule has 4 rings (SSSR count). The van der Waals surface area contributed by atoms with Crippen LogP contribution >= 0.6 is 0 Å². The molecule has 2 amide bonds. The standard InChI is InChI=1S/C30H38N4O5S/c1-5-15-34-26(27(29(35)39-6-2)28(31-30(34)36)24-10-7-9-23(4)20-24)21-32-16-8-17-33(19-18-32)40(37,38)25-13-11-22(3)12-14-25/h5,7,9-14,20,28H,1,6,8,15-19,21H2,2-4H3,(H,31,36). The van der Waals surface area contributed by atoms with Gasteiger partial charge in [-0.2, -0.15) is 4.31 Å². The zero-order valence-electron chi connectivity index (χ0n) is 23.4. The van der Waals surface area contributed by atoms with E-state index in [1.165, 1.54) is 9.21 Å². The summed E-state index contributed by atoms with van der Waals surface area (Å²) >= 11 is 0. The zero-order chi connectivity index (χ0) is 28.9. The molecule has 0 radical (unpaired) electrons. The molecule has 40 heavy (non-hydrogen) atoms. The van der Waals surface area contributed by atoms with Gasteiger partial charge in [-0.1, -0.05) is 53.6 Å². The summed E-state index contributed by atoms with van der Waals surface area (Å²) in [6.45, 7) is 11.9. The lowest BCUT2D eigenvalue weighted by atomic mass is 9.93. The summed E-state index contributed by atoms with van der Waals surface area (Å²) < 4.78 is 33.7. The molecule has 214 valence electrons. The van der Waals surface area contributed by atoms with E-state index in [1.807, 2.05) is 38.1 Å². The molecule has 1 unspecified atom stereocenters. The highest BCUT2D eigenvalue weighted by Gasteiger charge is 2.39. The van der Waals surface area contributed by atoms with Gasteiger partial charge < -0.3 is 10.1 Å². The number of aryl methyl sites for hydroxylation is 2. The van der Waals surface area contributed by atoms with Gasteiger partial charge in [0.25, 0.3) is 0 Å². The summed E-state index contributed by atoms with van der Waals surface area (Å²) in [6.07, 6.45) is 2.23. The Labute approximate surface area is 237 Å². The molecule has 10 heteroatoms. The van der Waals surface area contributed by atoms with E-state index in [4.69, 9.17) is 4.74 Å². The first kappa shape index (κ1) is 29.5. The highest BCUT2D eigenvalue weighted by molar-refractivity contribution is 7.89. The molecule has 1 atom stereocenters. The fraction of sp³-hybridized carbons (Fsp3) is 0.400. The van der Waals surface area contributed by atoms with E-state index < -0.39 is 22.0 Å². The van der Waals surface area contributed by atoms with Gasteiger partial charge in [0.15, 0.2) is 0 Å². The Balaban J connectivity index is 1.66. The number of nitrogens with zero attached hydrogens (tertiary/aromatic N) is 3. The summed E-state index contributed by atoms with van der Waals surface area (Å²) in [5.41, 5.74) is 3.72. The monoisotopic (exact) mass is 566 g/mol. The predicted octanol–water partition coefficient (Wildman–Crippen LogP) is 3.77. The smallest absolute Gasteiger partial charge is 0.338 e. The van der Waals surface area contributed by atoms with Crippen LogP contribution < -0.4 is 5.32 Å². The second-order valence-corrected chi connectivity index (χ2v) is 12.1. The Kier molecular flexibility index (Phi) is 9.44. The third kappa shape index (κ3) is 6.46. The topological polar surface area (TPSA) is 99.3 Å². The van der Waals surface area contributed by atoms with Crippen molar-refractivity contribution in [1.82, 2.24) is 19.4 Å². The molecule has 2 aromatic carbocycles. The van der Waals surface area contributed by atoms with Gasteiger partial charge in [0.1, 0.15) is 0 Å². The number of sulfonamides is 1. The number of hydrogen-bond acceptors (Lipinski definition) is 6. The van der Waals surface area contributed by atoms with Gasteiger partial charge in [-0.25, -0.2) is 18.0 Å². The first-order chi connectivity index (χ1) is 19.1. The summed E-state index contributed by atoms with van der Waals surface area (Å²) in [4.78, 5) is 30.7. The maximum Gasteiger partial charge on any atom is 0.338 e. The van der Waals surface area contributed by atoms with Crippen LogP contribution in [-0.4, -0.2) is 80.4 Å². The van der Waals surface area contributed by atoms with Crippen LogP contribution in [0.15, 0.2) is 77.4 Å². The van der Waals surface area contributed by atoms with E-state index in [0.717, 1.165) is 16.7 Å². The number of nitrogens with one attached hydrogen (secondary N) is 1. The fourth-order valence-electron chi connectivity index (χ4n) is 5.16. The Bertz CT molecular complexity index is 1390. The van der Waals surface area contributed by atoms with Gasteiger partial charge in [0, 0.05) is 38.4 Å². The van der Waals surface area contributed by atoms with E-state index in [1.54, 1.807) is 37.3 Å². The van der Waals surface area contributed by atoms with Gasteiger partial charge in [-0.15, -0.1) is 6.58 Å². The fourth-order valence-corrected chi connectivity index (χ4v) is 6.63. The third-order valence-electron chi connectivity index (χ3n) is 7.20.